The molecule has 3 nitrogen and oxygen atoms in total. The normalized spacial score (nSPS) is 12.2. The number of aryl methyl sites for hydroxylation is 1. The molecule has 0 unspecified atom stereocenters. The third kappa shape index (κ3) is 6.39. The monoisotopic (exact) mass is 262 g/mol. The molecule has 0 aliphatic rings. The molecule has 0 bridgehead atoms. The van der Waals surface area contributed by atoms with Gasteiger partial charge in [-0.3, -0.25) is 4.79 Å². The number of rotatable bonds is 8. The Morgan fingerprint density at radius 1 is 1.16 bits per heavy atom. The molecule has 0 saturated carbocycles. The van der Waals surface area contributed by atoms with Gasteiger partial charge in [-0.2, -0.15) is 0 Å². The summed E-state index contributed by atoms with van der Waals surface area (Å²) in [7, 11) is 0. The predicted octanol–water partition coefficient (Wildman–Crippen LogP) is 3.08. The lowest BCUT2D eigenvalue weighted by molar-refractivity contribution is -0.121. The molecule has 0 aliphatic carbocycles. The number of benzene rings is 1. The van der Waals surface area contributed by atoms with Crippen molar-refractivity contribution in [1.82, 2.24) is 5.32 Å². The molecule has 0 radical (unpaired) electrons. The van der Waals surface area contributed by atoms with Crippen molar-refractivity contribution in [2.45, 2.75) is 52.0 Å². The van der Waals surface area contributed by atoms with E-state index in [4.69, 9.17) is 5.73 Å². The second kappa shape index (κ2) is 8.70. The van der Waals surface area contributed by atoms with Crippen LogP contribution in [0.3, 0.4) is 0 Å². The standard InChI is InChI=1S/C16H26N2O/c1-13-8-10-15(11-9-13)14(2)18-16(19)7-5-3-4-6-12-17/h8-11,14H,3-7,12,17H2,1-2H3,(H,18,19)/t14-/m0/s1. The van der Waals surface area contributed by atoms with Crippen molar-refractivity contribution in [3.63, 3.8) is 0 Å². The zero-order valence-electron chi connectivity index (χ0n) is 12.1. The first-order valence-corrected chi connectivity index (χ1v) is 7.19. The van der Waals surface area contributed by atoms with Gasteiger partial charge in [0, 0.05) is 6.42 Å². The van der Waals surface area contributed by atoms with Crippen molar-refractivity contribution in [2.75, 3.05) is 6.54 Å². The molecule has 1 aromatic carbocycles. The molecule has 0 aliphatic heterocycles. The third-order valence-electron chi connectivity index (χ3n) is 3.31. The Morgan fingerprint density at radius 3 is 2.42 bits per heavy atom. The highest BCUT2D eigenvalue weighted by Gasteiger charge is 2.08. The molecule has 19 heavy (non-hydrogen) atoms. The largest absolute Gasteiger partial charge is 0.350 e. The fraction of sp³-hybridized carbons (Fsp3) is 0.562. The van der Waals surface area contributed by atoms with E-state index in [-0.39, 0.29) is 11.9 Å². The Morgan fingerprint density at radius 2 is 1.79 bits per heavy atom. The smallest absolute Gasteiger partial charge is 0.220 e. The molecule has 1 rings (SSSR count). The molecule has 3 heteroatoms. The summed E-state index contributed by atoms with van der Waals surface area (Å²) in [6.07, 6.45) is 4.83. The molecule has 1 atom stereocenters. The van der Waals surface area contributed by atoms with E-state index in [1.54, 1.807) is 0 Å². The fourth-order valence-corrected chi connectivity index (χ4v) is 2.04. The van der Waals surface area contributed by atoms with E-state index >= 15 is 0 Å². The van der Waals surface area contributed by atoms with Crippen molar-refractivity contribution in [3.8, 4) is 0 Å². The number of carbonyl (C=O) groups excluding carboxylic acids is 1. The summed E-state index contributed by atoms with van der Waals surface area (Å²) >= 11 is 0. The van der Waals surface area contributed by atoms with Crippen molar-refractivity contribution in [2.24, 2.45) is 5.73 Å². The van der Waals surface area contributed by atoms with Gasteiger partial charge in [0.25, 0.3) is 0 Å². The molecule has 3 N–H and O–H groups in total. The van der Waals surface area contributed by atoms with Crippen molar-refractivity contribution < 1.29 is 4.79 Å². The summed E-state index contributed by atoms with van der Waals surface area (Å²) in [5.74, 6) is 0.140. The van der Waals surface area contributed by atoms with Gasteiger partial charge in [-0.25, -0.2) is 0 Å². The highest BCUT2D eigenvalue weighted by atomic mass is 16.1. The molecule has 0 fully saturated rings. The van der Waals surface area contributed by atoms with Crippen LogP contribution >= 0.6 is 0 Å². The van der Waals surface area contributed by atoms with E-state index in [1.165, 1.54) is 5.56 Å². The molecule has 1 aromatic rings. The quantitative estimate of drug-likeness (QED) is 0.707. The molecule has 0 aromatic heterocycles. The van der Waals surface area contributed by atoms with Gasteiger partial charge >= 0.3 is 0 Å². The van der Waals surface area contributed by atoms with Crippen LogP contribution in [-0.4, -0.2) is 12.5 Å². The second-order valence-electron chi connectivity index (χ2n) is 5.15. The summed E-state index contributed by atoms with van der Waals surface area (Å²) in [5, 5.41) is 3.04. The first-order chi connectivity index (χ1) is 9.13. The van der Waals surface area contributed by atoms with Gasteiger partial charge < -0.3 is 11.1 Å². The lowest BCUT2D eigenvalue weighted by Crippen LogP contribution is -2.26. The van der Waals surface area contributed by atoms with E-state index in [0.717, 1.165) is 37.8 Å². The summed E-state index contributed by atoms with van der Waals surface area (Å²) in [6, 6.07) is 8.37. The van der Waals surface area contributed by atoms with Gasteiger partial charge in [0.05, 0.1) is 6.04 Å². The van der Waals surface area contributed by atoms with Crippen LogP contribution in [0, 0.1) is 6.92 Å². The minimum Gasteiger partial charge on any atom is -0.350 e. The molecule has 0 saturated heterocycles. The highest BCUT2D eigenvalue weighted by Crippen LogP contribution is 2.13. The number of hydrogen-bond donors (Lipinski definition) is 2. The Bertz CT molecular complexity index is 373. The second-order valence-corrected chi connectivity index (χ2v) is 5.15. The van der Waals surface area contributed by atoms with E-state index in [9.17, 15) is 4.79 Å². The molecule has 106 valence electrons. The molecular weight excluding hydrogens is 236 g/mol. The SMILES string of the molecule is Cc1ccc([C@H](C)NC(=O)CCCCCCN)cc1. The molecule has 0 spiro atoms. The fourth-order valence-electron chi connectivity index (χ4n) is 2.04. The minimum absolute atomic E-state index is 0.0807. The Labute approximate surface area is 116 Å². The average Bonchev–Trinajstić information content (AvgIpc) is 2.39. The highest BCUT2D eigenvalue weighted by molar-refractivity contribution is 5.76. The van der Waals surface area contributed by atoms with E-state index < -0.39 is 0 Å². The maximum absolute atomic E-state index is 11.8. The summed E-state index contributed by atoms with van der Waals surface area (Å²) in [6.45, 7) is 4.84. The number of carbonyl (C=O) groups is 1. The van der Waals surface area contributed by atoms with Crippen molar-refractivity contribution >= 4 is 5.91 Å². The van der Waals surface area contributed by atoms with Gasteiger partial charge in [0.1, 0.15) is 0 Å². The van der Waals surface area contributed by atoms with Crippen LogP contribution in [0.4, 0.5) is 0 Å². The number of unbranched alkanes of at least 4 members (excludes halogenated alkanes) is 3. The van der Waals surface area contributed by atoms with Crippen LogP contribution in [0.1, 0.15) is 56.2 Å². The minimum atomic E-state index is 0.0807. The molecule has 0 heterocycles. The van der Waals surface area contributed by atoms with Crippen LogP contribution in [0.5, 0.6) is 0 Å². The maximum atomic E-state index is 11.8. The Balaban J connectivity index is 2.26. The number of hydrogen-bond acceptors (Lipinski definition) is 2. The zero-order valence-corrected chi connectivity index (χ0v) is 12.1. The lowest BCUT2D eigenvalue weighted by atomic mass is 10.1. The van der Waals surface area contributed by atoms with E-state index in [1.807, 2.05) is 6.92 Å². The van der Waals surface area contributed by atoms with Gasteiger partial charge in [-0.15, -0.1) is 0 Å². The van der Waals surface area contributed by atoms with Gasteiger partial charge in [0.15, 0.2) is 0 Å². The van der Waals surface area contributed by atoms with Crippen LogP contribution < -0.4 is 11.1 Å². The predicted molar refractivity (Wildman–Crippen MR) is 79.9 cm³/mol. The Hall–Kier alpha value is -1.35. The van der Waals surface area contributed by atoms with Crippen LogP contribution in [0.15, 0.2) is 24.3 Å². The van der Waals surface area contributed by atoms with Crippen LogP contribution in [-0.2, 0) is 4.79 Å². The first-order valence-electron chi connectivity index (χ1n) is 7.19. The molecule has 1 amide bonds. The Kier molecular flexibility index (Phi) is 7.19. The van der Waals surface area contributed by atoms with Crippen LogP contribution in [0.25, 0.3) is 0 Å². The number of nitrogens with two attached hydrogens (primary N) is 1. The van der Waals surface area contributed by atoms with Gasteiger partial charge in [-0.05, 0) is 38.8 Å². The van der Waals surface area contributed by atoms with Crippen molar-refractivity contribution in [3.05, 3.63) is 35.4 Å². The van der Waals surface area contributed by atoms with Gasteiger partial charge in [0.2, 0.25) is 5.91 Å². The summed E-state index contributed by atoms with van der Waals surface area (Å²) < 4.78 is 0. The van der Waals surface area contributed by atoms with E-state index in [0.29, 0.717) is 6.42 Å². The summed E-state index contributed by atoms with van der Waals surface area (Å²) in [5.41, 5.74) is 7.82. The zero-order chi connectivity index (χ0) is 14.1. The van der Waals surface area contributed by atoms with Crippen molar-refractivity contribution in [1.29, 1.82) is 0 Å². The summed E-state index contributed by atoms with van der Waals surface area (Å²) in [4.78, 5) is 11.8. The van der Waals surface area contributed by atoms with Crippen LogP contribution in [0.2, 0.25) is 0 Å². The first kappa shape index (κ1) is 15.7. The van der Waals surface area contributed by atoms with Gasteiger partial charge in [-0.1, -0.05) is 42.7 Å². The maximum Gasteiger partial charge on any atom is 0.220 e. The molecular formula is C16H26N2O. The topological polar surface area (TPSA) is 55.1 Å². The van der Waals surface area contributed by atoms with E-state index in [2.05, 4.69) is 36.5 Å². The number of amides is 1. The number of nitrogens with one attached hydrogen (secondary N) is 1. The third-order valence-corrected chi connectivity index (χ3v) is 3.31. The lowest BCUT2D eigenvalue weighted by Gasteiger charge is -2.14. The average molecular weight is 262 g/mol.